The fourth-order valence-corrected chi connectivity index (χ4v) is 5.36. The van der Waals surface area contributed by atoms with E-state index in [0.717, 1.165) is 37.0 Å². The quantitative estimate of drug-likeness (QED) is 0.291. The van der Waals surface area contributed by atoms with Crippen molar-refractivity contribution in [3.05, 3.63) is 47.2 Å². The molecule has 0 amide bonds. The highest BCUT2D eigenvalue weighted by atomic mass is 32.2. The second-order valence-corrected chi connectivity index (χ2v) is 9.55. The molecule has 4 rings (SSSR count). The molecule has 30 heavy (non-hydrogen) atoms. The standard InChI is InChI=1S/C21H29BFN5OS/c1-14(24-22)18(29)19-25-26-20(27(19)2)30-11-3-9-28-10-8-21(13-28)12-17(21)15-4-6-16(23)7-5-15/h4-7,17,24,29H,3,8-13,22H2,1-2H3/b18-14-/t17-,21+/m0/s1. The number of benzene rings is 1. The average molecular weight is 429 g/mol. The van der Waals surface area contributed by atoms with Crippen LogP contribution in [0.5, 0.6) is 0 Å². The molecule has 0 unspecified atom stereocenters. The van der Waals surface area contributed by atoms with Gasteiger partial charge in [0.1, 0.15) is 5.82 Å². The van der Waals surface area contributed by atoms with Crippen LogP contribution in [0.15, 0.2) is 35.1 Å². The maximum Gasteiger partial charge on any atom is 0.213 e. The number of aromatic nitrogens is 3. The molecule has 1 aromatic heterocycles. The second-order valence-electron chi connectivity index (χ2n) is 8.49. The third kappa shape index (κ3) is 4.23. The Bertz CT molecular complexity index is 934. The zero-order chi connectivity index (χ0) is 21.3. The van der Waals surface area contributed by atoms with Crippen molar-refractivity contribution in [1.29, 1.82) is 0 Å². The summed E-state index contributed by atoms with van der Waals surface area (Å²) in [6.07, 6.45) is 3.56. The molecule has 6 nitrogen and oxygen atoms in total. The van der Waals surface area contributed by atoms with Gasteiger partial charge < -0.3 is 19.8 Å². The highest BCUT2D eigenvalue weighted by molar-refractivity contribution is 7.99. The number of likely N-dealkylation sites (tertiary alicyclic amines) is 1. The molecule has 2 heterocycles. The lowest BCUT2D eigenvalue weighted by atomic mass is 9.98. The third-order valence-corrected chi connectivity index (χ3v) is 7.66. The van der Waals surface area contributed by atoms with Gasteiger partial charge in [-0.2, -0.15) is 0 Å². The minimum Gasteiger partial charge on any atom is -0.503 e. The van der Waals surface area contributed by atoms with Gasteiger partial charge in [-0.1, -0.05) is 23.9 Å². The van der Waals surface area contributed by atoms with Gasteiger partial charge in [-0.25, -0.2) is 4.39 Å². The molecule has 2 aromatic rings. The average Bonchev–Trinajstić information content (AvgIpc) is 3.09. The van der Waals surface area contributed by atoms with Gasteiger partial charge >= 0.3 is 0 Å². The normalized spacial score (nSPS) is 24.3. The summed E-state index contributed by atoms with van der Waals surface area (Å²) in [6.45, 7) is 5.19. The van der Waals surface area contributed by atoms with Crippen molar-refractivity contribution in [2.75, 3.05) is 25.4 Å². The van der Waals surface area contributed by atoms with Gasteiger partial charge in [0.15, 0.2) is 10.9 Å². The van der Waals surface area contributed by atoms with Crippen LogP contribution in [0.3, 0.4) is 0 Å². The summed E-state index contributed by atoms with van der Waals surface area (Å²) in [7, 11) is 3.65. The van der Waals surface area contributed by atoms with E-state index in [-0.39, 0.29) is 11.6 Å². The molecule has 9 heteroatoms. The number of aliphatic hydroxyl groups excluding tert-OH is 1. The smallest absolute Gasteiger partial charge is 0.213 e. The molecule has 2 aliphatic rings. The number of nitrogens with zero attached hydrogens (tertiary/aromatic N) is 4. The molecule has 1 aromatic carbocycles. The van der Waals surface area contributed by atoms with Gasteiger partial charge in [0.05, 0.1) is 0 Å². The highest BCUT2D eigenvalue weighted by Gasteiger charge is 2.57. The van der Waals surface area contributed by atoms with E-state index < -0.39 is 0 Å². The van der Waals surface area contributed by atoms with Gasteiger partial charge in [-0.05, 0) is 68.3 Å². The molecule has 2 N–H and O–H groups in total. The molecular weight excluding hydrogens is 400 g/mol. The molecule has 2 atom stereocenters. The maximum atomic E-state index is 13.2. The van der Waals surface area contributed by atoms with E-state index in [1.54, 1.807) is 38.8 Å². The summed E-state index contributed by atoms with van der Waals surface area (Å²) in [6, 6.07) is 7.07. The van der Waals surface area contributed by atoms with E-state index in [9.17, 15) is 9.50 Å². The first-order valence-electron chi connectivity index (χ1n) is 10.5. The molecule has 1 spiro atoms. The molecule has 160 valence electrons. The first-order valence-corrected chi connectivity index (χ1v) is 11.5. The molecular formula is C21H29BFN5OS. The van der Waals surface area contributed by atoms with Crippen molar-refractivity contribution in [2.24, 2.45) is 12.5 Å². The Morgan fingerprint density at radius 3 is 2.87 bits per heavy atom. The Balaban J connectivity index is 1.23. The largest absolute Gasteiger partial charge is 0.503 e. The fourth-order valence-electron chi connectivity index (χ4n) is 4.52. The zero-order valence-electron chi connectivity index (χ0n) is 17.9. The topological polar surface area (TPSA) is 66.2 Å². The predicted octanol–water partition coefficient (Wildman–Crippen LogP) is 2.70. The first kappa shape index (κ1) is 21.2. The van der Waals surface area contributed by atoms with Gasteiger partial charge in [0, 0.05) is 25.0 Å². The van der Waals surface area contributed by atoms with Gasteiger partial charge in [-0.15, -0.1) is 10.2 Å². The predicted molar refractivity (Wildman–Crippen MR) is 120 cm³/mol. The Morgan fingerprint density at radius 2 is 2.13 bits per heavy atom. The first-order chi connectivity index (χ1) is 14.4. The van der Waals surface area contributed by atoms with Crippen molar-refractivity contribution in [2.45, 2.75) is 37.3 Å². The summed E-state index contributed by atoms with van der Waals surface area (Å²) >= 11 is 1.68. The maximum absolute atomic E-state index is 13.2. The zero-order valence-corrected chi connectivity index (χ0v) is 18.7. The van der Waals surface area contributed by atoms with Crippen LogP contribution in [0.2, 0.25) is 0 Å². The van der Waals surface area contributed by atoms with Gasteiger partial charge in [0.25, 0.3) is 0 Å². The minimum absolute atomic E-state index is 0.127. The number of aliphatic hydroxyl groups is 1. The third-order valence-electron chi connectivity index (χ3n) is 6.55. The Hall–Kier alpha value is -2.00. The van der Waals surface area contributed by atoms with Crippen molar-refractivity contribution in [3.8, 4) is 0 Å². The van der Waals surface area contributed by atoms with Crippen LogP contribution < -0.4 is 5.23 Å². The Kier molecular flexibility index (Phi) is 6.11. The number of rotatable bonds is 8. The number of allylic oxidation sites excluding steroid dienone is 1. The molecule has 1 aliphatic carbocycles. The van der Waals surface area contributed by atoms with Gasteiger partial charge in [-0.3, -0.25) is 0 Å². The number of halogens is 1. The minimum atomic E-state index is -0.155. The molecule has 0 bridgehead atoms. The molecule has 2 fully saturated rings. The summed E-state index contributed by atoms with van der Waals surface area (Å²) in [5, 5.41) is 22.3. The van der Waals surface area contributed by atoms with E-state index in [0.29, 0.717) is 22.9 Å². The monoisotopic (exact) mass is 429 g/mol. The van der Waals surface area contributed by atoms with Crippen LogP contribution >= 0.6 is 11.8 Å². The SMILES string of the molecule is BN/C(C)=C(\O)c1nnc(SCCCN2CC[C@@]3(C[C@H]3c3ccc(F)cc3)C2)n1C. The molecule has 1 saturated heterocycles. The Labute approximate surface area is 182 Å². The van der Waals surface area contributed by atoms with E-state index in [4.69, 9.17) is 0 Å². The second kappa shape index (κ2) is 8.63. The number of nitrogens with one attached hydrogen (secondary N) is 1. The van der Waals surface area contributed by atoms with Crippen LogP contribution in [0.4, 0.5) is 4.39 Å². The van der Waals surface area contributed by atoms with Crippen molar-refractivity contribution >= 4 is 25.5 Å². The van der Waals surface area contributed by atoms with Gasteiger partial charge in [0.2, 0.25) is 13.8 Å². The molecule has 0 radical (unpaired) electrons. The molecule has 1 saturated carbocycles. The summed E-state index contributed by atoms with van der Waals surface area (Å²) in [5.74, 6) is 2.01. The highest BCUT2D eigenvalue weighted by Crippen LogP contribution is 2.64. The van der Waals surface area contributed by atoms with E-state index >= 15 is 0 Å². The van der Waals surface area contributed by atoms with Crippen LogP contribution in [0.1, 0.15) is 43.5 Å². The van der Waals surface area contributed by atoms with Crippen LogP contribution in [-0.2, 0) is 7.05 Å². The van der Waals surface area contributed by atoms with Crippen molar-refractivity contribution < 1.29 is 9.50 Å². The number of hydrogen-bond acceptors (Lipinski definition) is 6. The lowest BCUT2D eigenvalue weighted by Crippen LogP contribution is -2.23. The fraction of sp³-hybridized carbons (Fsp3) is 0.524. The van der Waals surface area contributed by atoms with Crippen molar-refractivity contribution in [3.63, 3.8) is 0 Å². The number of hydrogen-bond donors (Lipinski definition) is 2. The van der Waals surface area contributed by atoms with Crippen LogP contribution in [-0.4, -0.2) is 58.1 Å². The molecule has 1 aliphatic heterocycles. The summed E-state index contributed by atoms with van der Waals surface area (Å²) in [5.41, 5.74) is 2.38. The van der Waals surface area contributed by atoms with Crippen molar-refractivity contribution in [1.82, 2.24) is 24.9 Å². The lowest BCUT2D eigenvalue weighted by Gasteiger charge is -2.16. The lowest BCUT2D eigenvalue weighted by molar-refractivity contribution is 0.319. The van der Waals surface area contributed by atoms with Crippen LogP contribution in [0.25, 0.3) is 5.76 Å². The number of thioether (sulfide) groups is 1. The van der Waals surface area contributed by atoms with E-state index in [1.165, 1.54) is 18.4 Å². The summed E-state index contributed by atoms with van der Waals surface area (Å²) < 4.78 is 15.0. The summed E-state index contributed by atoms with van der Waals surface area (Å²) in [4.78, 5) is 2.57. The van der Waals surface area contributed by atoms with E-state index in [1.807, 2.05) is 23.7 Å². The Morgan fingerprint density at radius 1 is 1.37 bits per heavy atom. The van der Waals surface area contributed by atoms with Crippen LogP contribution in [0, 0.1) is 11.2 Å². The van der Waals surface area contributed by atoms with E-state index in [2.05, 4.69) is 20.3 Å².